The predicted octanol–water partition coefficient (Wildman–Crippen LogP) is 2.73. The SMILES string of the molecule is C=C[C@@H]1CN(S(=O)(=O)c2ccc(OC)cc2)[C@H](C(=O)O)Cc2sccc21. The number of carbonyl (C=O) groups is 1. The molecule has 0 fully saturated rings. The van der Waals surface area contributed by atoms with Crippen molar-refractivity contribution in [2.75, 3.05) is 13.7 Å². The van der Waals surface area contributed by atoms with Crippen molar-refractivity contribution in [3.8, 4) is 5.75 Å². The van der Waals surface area contributed by atoms with Crippen LogP contribution in [-0.2, 0) is 21.2 Å². The second-order valence-corrected chi connectivity index (χ2v) is 8.84. The maximum Gasteiger partial charge on any atom is 0.322 e. The summed E-state index contributed by atoms with van der Waals surface area (Å²) < 4.78 is 32.5. The van der Waals surface area contributed by atoms with E-state index in [4.69, 9.17) is 4.74 Å². The summed E-state index contributed by atoms with van der Waals surface area (Å²) in [6.45, 7) is 3.85. The summed E-state index contributed by atoms with van der Waals surface area (Å²) in [5, 5.41) is 11.6. The summed E-state index contributed by atoms with van der Waals surface area (Å²) in [4.78, 5) is 12.8. The Morgan fingerprint density at radius 3 is 2.62 bits per heavy atom. The summed E-state index contributed by atoms with van der Waals surface area (Å²) >= 11 is 1.44. The lowest BCUT2D eigenvalue weighted by atomic mass is 10.0. The van der Waals surface area contributed by atoms with Crippen molar-refractivity contribution in [1.29, 1.82) is 0 Å². The van der Waals surface area contributed by atoms with Gasteiger partial charge in [-0.1, -0.05) is 6.08 Å². The Bertz CT molecular complexity index is 917. The first-order valence-corrected chi connectivity index (χ1v) is 10.3. The molecule has 2 aromatic rings. The molecule has 8 heteroatoms. The van der Waals surface area contributed by atoms with Crippen LogP contribution in [0.5, 0.6) is 5.75 Å². The van der Waals surface area contributed by atoms with Crippen LogP contribution in [0.25, 0.3) is 0 Å². The average Bonchev–Trinajstić information content (AvgIpc) is 3.02. The smallest absolute Gasteiger partial charge is 0.322 e. The lowest BCUT2D eigenvalue weighted by Crippen LogP contribution is -2.46. The van der Waals surface area contributed by atoms with Gasteiger partial charge in [0.1, 0.15) is 11.8 Å². The van der Waals surface area contributed by atoms with Gasteiger partial charge in [-0.2, -0.15) is 4.31 Å². The van der Waals surface area contributed by atoms with E-state index < -0.39 is 22.0 Å². The number of hydrogen-bond donors (Lipinski definition) is 1. The van der Waals surface area contributed by atoms with Gasteiger partial charge >= 0.3 is 5.97 Å². The van der Waals surface area contributed by atoms with E-state index in [0.717, 1.165) is 14.7 Å². The van der Waals surface area contributed by atoms with E-state index in [1.807, 2.05) is 11.4 Å². The Morgan fingerprint density at radius 1 is 1.35 bits per heavy atom. The van der Waals surface area contributed by atoms with Gasteiger partial charge < -0.3 is 9.84 Å². The van der Waals surface area contributed by atoms with Crippen LogP contribution >= 0.6 is 11.3 Å². The standard InChI is InChI=1S/C18H19NO5S2/c1-3-12-11-19(16(18(20)21)10-17-15(12)8-9-25-17)26(22,23)14-6-4-13(24-2)5-7-14/h3-9,12,16H,1,10-11H2,2H3,(H,20,21)/t12-,16+/m1/s1. The van der Waals surface area contributed by atoms with Gasteiger partial charge in [0.15, 0.2) is 0 Å². The van der Waals surface area contributed by atoms with Crippen LogP contribution in [0, 0.1) is 0 Å². The summed E-state index contributed by atoms with van der Waals surface area (Å²) in [6, 6.07) is 6.69. The Hall–Kier alpha value is -2.16. The molecule has 2 heterocycles. The van der Waals surface area contributed by atoms with Crippen LogP contribution in [0.1, 0.15) is 16.4 Å². The van der Waals surface area contributed by atoms with Crippen LogP contribution in [0.2, 0.25) is 0 Å². The lowest BCUT2D eigenvalue weighted by molar-refractivity contribution is -0.141. The number of fused-ring (bicyclic) bond motifs is 1. The largest absolute Gasteiger partial charge is 0.497 e. The molecule has 138 valence electrons. The van der Waals surface area contributed by atoms with E-state index in [-0.39, 0.29) is 23.8 Å². The normalized spacial score (nSPS) is 20.8. The van der Waals surface area contributed by atoms with Crippen LogP contribution in [0.3, 0.4) is 0 Å². The van der Waals surface area contributed by atoms with Crippen molar-refractivity contribution >= 4 is 27.3 Å². The maximum atomic E-state index is 13.2. The van der Waals surface area contributed by atoms with E-state index in [0.29, 0.717) is 5.75 Å². The Kier molecular flexibility index (Phi) is 5.17. The molecule has 26 heavy (non-hydrogen) atoms. The van der Waals surface area contributed by atoms with Gasteiger partial charge in [-0.3, -0.25) is 4.79 Å². The highest BCUT2D eigenvalue weighted by Gasteiger charge is 2.40. The molecule has 0 saturated heterocycles. The second-order valence-electron chi connectivity index (χ2n) is 5.95. The minimum Gasteiger partial charge on any atom is -0.497 e. The monoisotopic (exact) mass is 393 g/mol. The average molecular weight is 393 g/mol. The lowest BCUT2D eigenvalue weighted by Gasteiger charge is -2.27. The quantitative estimate of drug-likeness (QED) is 0.790. The molecule has 3 rings (SSSR count). The fourth-order valence-corrected chi connectivity index (χ4v) is 5.70. The first kappa shape index (κ1) is 18.6. The molecule has 0 aliphatic carbocycles. The number of benzene rings is 1. The number of aliphatic carboxylic acids is 1. The fourth-order valence-electron chi connectivity index (χ4n) is 3.10. The number of carboxylic acid groups (broad SMARTS) is 1. The number of carboxylic acids is 1. The summed E-state index contributed by atoms with van der Waals surface area (Å²) in [5.74, 6) is -0.888. The van der Waals surface area contributed by atoms with E-state index in [1.54, 1.807) is 18.2 Å². The van der Waals surface area contributed by atoms with Gasteiger partial charge in [0.2, 0.25) is 10.0 Å². The van der Waals surface area contributed by atoms with Crippen molar-refractivity contribution < 1.29 is 23.1 Å². The molecule has 0 radical (unpaired) electrons. The van der Waals surface area contributed by atoms with Crippen molar-refractivity contribution in [2.24, 2.45) is 0 Å². The van der Waals surface area contributed by atoms with E-state index in [1.165, 1.54) is 30.6 Å². The molecule has 1 aliphatic rings. The van der Waals surface area contributed by atoms with Crippen LogP contribution in [0.15, 0.2) is 53.3 Å². The maximum absolute atomic E-state index is 13.2. The summed E-state index contributed by atoms with van der Waals surface area (Å²) in [5.41, 5.74) is 0.948. The van der Waals surface area contributed by atoms with Crippen molar-refractivity contribution in [1.82, 2.24) is 4.31 Å². The number of thiophene rings is 1. The highest BCUT2D eigenvalue weighted by Crippen LogP contribution is 2.35. The number of sulfonamides is 1. The number of hydrogen-bond acceptors (Lipinski definition) is 5. The minimum absolute atomic E-state index is 0.0395. The molecular weight excluding hydrogens is 374 g/mol. The number of ether oxygens (including phenoxy) is 1. The van der Waals surface area contributed by atoms with Crippen LogP contribution in [0.4, 0.5) is 0 Å². The first-order valence-electron chi connectivity index (χ1n) is 7.96. The highest BCUT2D eigenvalue weighted by molar-refractivity contribution is 7.89. The third-order valence-electron chi connectivity index (χ3n) is 4.52. The van der Waals surface area contributed by atoms with Gasteiger partial charge in [0.05, 0.1) is 12.0 Å². The second kappa shape index (κ2) is 7.22. The number of rotatable bonds is 5. The first-order chi connectivity index (χ1) is 12.4. The van der Waals surface area contributed by atoms with Crippen LogP contribution < -0.4 is 4.74 Å². The molecule has 0 spiro atoms. The summed E-state index contributed by atoms with van der Waals surface area (Å²) in [6.07, 6.45) is 1.81. The molecule has 1 aromatic heterocycles. The van der Waals surface area contributed by atoms with Gasteiger partial charge in [-0.05, 0) is 41.3 Å². The molecule has 6 nitrogen and oxygen atoms in total. The van der Waals surface area contributed by atoms with Crippen molar-refractivity contribution in [3.63, 3.8) is 0 Å². The van der Waals surface area contributed by atoms with Gasteiger partial charge in [0.25, 0.3) is 0 Å². The molecule has 0 saturated carbocycles. The molecule has 1 aliphatic heterocycles. The summed E-state index contributed by atoms with van der Waals surface area (Å²) in [7, 11) is -2.50. The number of nitrogens with zero attached hydrogens (tertiary/aromatic N) is 1. The number of methoxy groups -OCH3 is 1. The zero-order valence-electron chi connectivity index (χ0n) is 14.2. The third kappa shape index (κ3) is 3.27. The predicted molar refractivity (Wildman–Crippen MR) is 99.3 cm³/mol. The van der Waals surface area contributed by atoms with Gasteiger partial charge in [-0.15, -0.1) is 17.9 Å². The molecule has 0 amide bonds. The highest BCUT2D eigenvalue weighted by atomic mass is 32.2. The third-order valence-corrected chi connectivity index (χ3v) is 7.37. The van der Waals surface area contributed by atoms with Crippen molar-refractivity contribution in [3.05, 3.63) is 58.8 Å². The molecule has 1 aromatic carbocycles. The Morgan fingerprint density at radius 2 is 2.04 bits per heavy atom. The zero-order chi connectivity index (χ0) is 18.9. The fraction of sp³-hybridized carbons (Fsp3) is 0.278. The van der Waals surface area contributed by atoms with E-state index in [2.05, 4.69) is 6.58 Å². The molecule has 0 unspecified atom stereocenters. The molecule has 0 bridgehead atoms. The van der Waals surface area contributed by atoms with E-state index >= 15 is 0 Å². The Labute approximate surface area is 156 Å². The topological polar surface area (TPSA) is 83.9 Å². The molecular formula is C18H19NO5S2. The van der Waals surface area contributed by atoms with Crippen molar-refractivity contribution in [2.45, 2.75) is 23.3 Å². The van der Waals surface area contributed by atoms with Crippen LogP contribution in [-0.4, -0.2) is 43.5 Å². The van der Waals surface area contributed by atoms with Gasteiger partial charge in [-0.25, -0.2) is 8.42 Å². The minimum atomic E-state index is -3.99. The molecule has 1 N–H and O–H groups in total. The molecule has 2 atom stereocenters. The van der Waals surface area contributed by atoms with Gasteiger partial charge in [0, 0.05) is 23.8 Å². The van der Waals surface area contributed by atoms with E-state index in [9.17, 15) is 18.3 Å². The Balaban J connectivity index is 2.06. The zero-order valence-corrected chi connectivity index (χ0v) is 15.8.